The Morgan fingerprint density at radius 3 is 2.75 bits per heavy atom. The zero-order valence-corrected chi connectivity index (χ0v) is 14.0. The molecule has 1 aromatic rings. The summed E-state index contributed by atoms with van der Waals surface area (Å²) in [5, 5.41) is 3.53. The van der Waals surface area contributed by atoms with Crippen LogP contribution in [0.4, 0.5) is 0 Å². The van der Waals surface area contributed by atoms with Crippen molar-refractivity contribution in [2.45, 2.75) is 32.6 Å². The van der Waals surface area contributed by atoms with Gasteiger partial charge in [0.25, 0.3) is 0 Å². The van der Waals surface area contributed by atoms with Gasteiger partial charge in [-0.1, -0.05) is 41.1 Å². The van der Waals surface area contributed by atoms with Gasteiger partial charge >= 0.3 is 0 Å². The molecule has 0 spiro atoms. The first-order valence-corrected chi connectivity index (χ1v) is 8.60. The number of benzene rings is 1. The first-order valence-electron chi connectivity index (χ1n) is 7.81. The molecular weight excluding hydrogens is 314 g/mol. The summed E-state index contributed by atoms with van der Waals surface area (Å²) in [7, 11) is 0. The summed E-state index contributed by atoms with van der Waals surface area (Å²) < 4.78 is 6.72. The van der Waals surface area contributed by atoms with E-state index in [9.17, 15) is 0 Å². The quantitative estimate of drug-likeness (QED) is 0.809. The van der Waals surface area contributed by atoms with Crippen molar-refractivity contribution in [3.63, 3.8) is 0 Å². The van der Waals surface area contributed by atoms with E-state index in [4.69, 9.17) is 4.74 Å². The van der Waals surface area contributed by atoms with Crippen molar-refractivity contribution in [2.24, 2.45) is 11.8 Å². The predicted octanol–water partition coefficient (Wildman–Crippen LogP) is 4.03. The highest BCUT2D eigenvalue weighted by atomic mass is 79.9. The van der Waals surface area contributed by atoms with E-state index in [1.165, 1.54) is 29.3 Å². The maximum absolute atomic E-state index is 5.48. The first kappa shape index (κ1) is 16.0. The third kappa shape index (κ3) is 5.19. The van der Waals surface area contributed by atoms with Crippen molar-refractivity contribution >= 4 is 15.9 Å². The Kier molecular flexibility index (Phi) is 7.05. The Hall–Kier alpha value is -0.380. The minimum atomic E-state index is 0.719. The Balaban J connectivity index is 1.93. The maximum Gasteiger partial charge on any atom is 0.0468 e. The standard InChI is InChI=1S/C17H26BrNO/c1-2-19-13-15(11-14-7-9-20-10-8-14)12-16-5-3-4-6-17(16)18/h3-6,14-15,19H,2,7-13H2,1H3. The highest BCUT2D eigenvalue weighted by Crippen LogP contribution is 2.27. The normalized spacial score (nSPS) is 18.1. The molecule has 1 fully saturated rings. The number of nitrogens with one attached hydrogen (secondary N) is 1. The van der Waals surface area contributed by atoms with Crippen LogP contribution in [0.3, 0.4) is 0 Å². The van der Waals surface area contributed by atoms with Gasteiger partial charge in [0.1, 0.15) is 0 Å². The largest absolute Gasteiger partial charge is 0.381 e. The van der Waals surface area contributed by atoms with Gasteiger partial charge in [0, 0.05) is 17.7 Å². The van der Waals surface area contributed by atoms with Crippen LogP contribution in [0, 0.1) is 11.8 Å². The predicted molar refractivity (Wildman–Crippen MR) is 88.0 cm³/mol. The fraction of sp³-hybridized carbons (Fsp3) is 0.647. The summed E-state index contributed by atoms with van der Waals surface area (Å²) in [6.07, 6.45) is 4.95. The molecule has 1 atom stereocenters. The average molecular weight is 340 g/mol. The van der Waals surface area contributed by atoms with Crippen molar-refractivity contribution in [3.05, 3.63) is 34.3 Å². The van der Waals surface area contributed by atoms with Crippen LogP contribution >= 0.6 is 15.9 Å². The molecular formula is C17H26BrNO. The molecule has 0 amide bonds. The molecule has 112 valence electrons. The molecule has 1 unspecified atom stereocenters. The Bertz CT molecular complexity index is 390. The van der Waals surface area contributed by atoms with Crippen molar-refractivity contribution in [1.82, 2.24) is 5.32 Å². The fourth-order valence-corrected chi connectivity index (χ4v) is 3.46. The molecule has 1 aliphatic rings. The minimum Gasteiger partial charge on any atom is -0.381 e. The third-order valence-electron chi connectivity index (χ3n) is 4.16. The zero-order chi connectivity index (χ0) is 14.2. The van der Waals surface area contributed by atoms with E-state index in [1.54, 1.807) is 0 Å². The summed E-state index contributed by atoms with van der Waals surface area (Å²) in [5.41, 5.74) is 1.43. The van der Waals surface area contributed by atoms with Crippen molar-refractivity contribution in [2.75, 3.05) is 26.3 Å². The topological polar surface area (TPSA) is 21.3 Å². The Labute approximate surface area is 131 Å². The first-order chi connectivity index (χ1) is 9.79. The Morgan fingerprint density at radius 1 is 1.30 bits per heavy atom. The molecule has 0 saturated carbocycles. The molecule has 1 aliphatic heterocycles. The number of rotatable bonds is 7. The third-order valence-corrected chi connectivity index (χ3v) is 4.93. The van der Waals surface area contributed by atoms with Gasteiger partial charge in [-0.05, 0) is 62.2 Å². The highest BCUT2D eigenvalue weighted by Gasteiger charge is 2.20. The van der Waals surface area contributed by atoms with E-state index < -0.39 is 0 Å². The average Bonchev–Trinajstić information content (AvgIpc) is 2.48. The smallest absolute Gasteiger partial charge is 0.0468 e. The molecule has 0 bridgehead atoms. The molecule has 2 nitrogen and oxygen atoms in total. The van der Waals surface area contributed by atoms with Crippen LogP contribution in [0.1, 0.15) is 31.7 Å². The molecule has 0 radical (unpaired) electrons. The summed E-state index contributed by atoms with van der Waals surface area (Å²) in [6, 6.07) is 8.62. The summed E-state index contributed by atoms with van der Waals surface area (Å²) in [4.78, 5) is 0. The molecule has 1 saturated heterocycles. The summed E-state index contributed by atoms with van der Waals surface area (Å²) in [5.74, 6) is 1.56. The number of halogens is 1. The van der Waals surface area contributed by atoms with Crippen LogP contribution in [0.15, 0.2) is 28.7 Å². The number of ether oxygens (including phenoxy) is 1. The zero-order valence-electron chi connectivity index (χ0n) is 12.4. The van der Waals surface area contributed by atoms with Gasteiger partial charge in [-0.3, -0.25) is 0 Å². The van der Waals surface area contributed by atoms with E-state index in [0.29, 0.717) is 0 Å². The van der Waals surface area contributed by atoms with E-state index in [2.05, 4.69) is 52.4 Å². The van der Waals surface area contributed by atoms with E-state index in [0.717, 1.165) is 44.6 Å². The van der Waals surface area contributed by atoms with Crippen LogP contribution < -0.4 is 5.32 Å². The summed E-state index contributed by atoms with van der Waals surface area (Å²) >= 11 is 3.68. The molecule has 1 heterocycles. The fourth-order valence-electron chi connectivity index (χ4n) is 3.02. The molecule has 1 aromatic carbocycles. The number of hydrogen-bond donors (Lipinski definition) is 1. The maximum atomic E-state index is 5.48. The Morgan fingerprint density at radius 2 is 2.05 bits per heavy atom. The molecule has 0 aliphatic carbocycles. The highest BCUT2D eigenvalue weighted by molar-refractivity contribution is 9.10. The molecule has 20 heavy (non-hydrogen) atoms. The molecule has 1 N–H and O–H groups in total. The molecule has 3 heteroatoms. The van der Waals surface area contributed by atoms with E-state index in [1.807, 2.05) is 0 Å². The monoisotopic (exact) mass is 339 g/mol. The second-order valence-corrected chi connectivity index (χ2v) is 6.62. The van der Waals surface area contributed by atoms with Gasteiger partial charge in [-0.15, -0.1) is 0 Å². The van der Waals surface area contributed by atoms with Gasteiger partial charge in [0.2, 0.25) is 0 Å². The second kappa shape index (κ2) is 8.81. The molecule has 2 rings (SSSR count). The van der Waals surface area contributed by atoms with Gasteiger partial charge in [0.05, 0.1) is 0 Å². The number of hydrogen-bond acceptors (Lipinski definition) is 2. The second-order valence-electron chi connectivity index (χ2n) is 5.76. The van der Waals surface area contributed by atoms with Crippen molar-refractivity contribution in [3.8, 4) is 0 Å². The lowest BCUT2D eigenvalue weighted by Crippen LogP contribution is -2.28. The van der Waals surface area contributed by atoms with Crippen molar-refractivity contribution < 1.29 is 4.74 Å². The lowest BCUT2D eigenvalue weighted by atomic mass is 9.85. The molecule has 0 aromatic heterocycles. The lowest BCUT2D eigenvalue weighted by Gasteiger charge is -2.27. The van der Waals surface area contributed by atoms with Gasteiger partial charge in [-0.25, -0.2) is 0 Å². The van der Waals surface area contributed by atoms with E-state index >= 15 is 0 Å². The van der Waals surface area contributed by atoms with Gasteiger partial charge in [-0.2, -0.15) is 0 Å². The van der Waals surface area contributed by atoms with Crippen molar-refractivity contribution in [1.29, 1.82) is 0 Å². The van der Waals surface area contributed by atoms with Gasteiger partial charge < -0.3 is 10.1 Å². The minimum absolute atomic E-state index is 0.719. The van der Waals surface area contributed by atoms with Crippen LogP contribution in [0.25, 0.3) is 0 Å². The lowest BCUT2D eigenvalue weighted by molar-refractivity contribution is 0.0585. The van der Waals surface area contributed by atoms with Crippen LogP contribution in [-0.2, 0) is 11.2 Å². The SMILES string of the molecule is CCNCC(Cc1ccccc1Br)CC1CCOCC1. The van der Waals surface area contributed by atoms with Crippen LogP contribution in [-0.4, -0.2) is 26.3 Å². The van der Waals surface area contributed by atoms with Crippen LogP contribution in [0.5, 0.6) is 0 Å². The summed E-state index contributed by atoms with van der Waals surface area (Å²) in [6.45, 7) is 6.26. The van der Waals surface area contributed by atoms with Crippen LogP contribution in [0.2, 0.25) is 0 Å². The van der Waals surface area contributed by atoms with Gasteiger partial charge in [0.15, 0.2) is 0 Å². The van der Waals surface area contributed by atoms with E-state index in [-0.39, 0.29) is 0 Å².